The third-order valence-corrected chi connectivity index (χ3v) is 3.27. The van der Waals surface area contributed by atoms with Gasteiger partial charge in [0.25, 0.3) is 0 Å². The van der Waals surface area contributed by atoms with Crippen LogP contribution in [0.15, 0.2) is 47.7 Å². The van der Waals surface area contributed by atoms with Crippen LogP contribution in [0.3, 0.4) is 0 Å². The number of aldehydes is 1. The first-order valence-electron chi connectivity index (χ1n) is 5.94. The molecule has 0 N–H and O–H groups in total. The van der Waals surface area contributed by atoms with Crippen LogP contribution in [-0.2, 0) is 11.2 Å². The van der Waals surface area contributed by atoms with Crippen molar-refractivity contribution in [3.63, 3.8) is 0 Å². The minimum absolute atomic E-state index is 0.0744. The van der Waals surface area contributed by atoms with Gasteiger partial charge in [-0.2, -0.15) is 13.2 Å². The van der Waals surface area contributed by atoms with E-state index in [-0.39, 0.29) is 24.0 Å². The molecule has 2 aromatic rings. The molecule has 5 heteroatoms. The van der Waals surface area contributed by atoms with Gasteiger partial charge in [-0.25, -0.2) is 0 Å². The smallest absolute Gasteiger partial charge is 0.449 e. The lowest BCUT2D eigenvalue weighted by Crippen LogP contribution is -2.24. The number of hydrogen-bond donors (Lipinski definition) is 0. The highest BCUT2D eigenvalue weighted by Gasteiger charge is 2.41. The van der Waals surface area contributed by atoms with Gasteiger partial charge in [0.1, 0.15) is 12.0 Å². The zero-order valence-electron chi connectivity index (χ0n) is 10.2. The van der Waals surface area contributed by atoms with Crippen molar-refractivity contribution < 1.29 is 22.7 Å². The normalized spacial score (nSPS) is 14.9. The summed E-state index contributed by atoms with van der Waals surface area (Å²) in [5.74, 6) is -1.06. The summed E-state index contributed by atoms with van der Waals surface area (Å²) >= 11 is 0. The molecule has 1 heterocycles. The lowest BCUT2D eigenvalue weighted by molar-refractivity contribution is -0.121. The highest BCUT2D eigenvalue weighted by molar-refractivity contribution is 5.90. The van der Waals surface area contributed by atoms with Crippen LogP contribution in [0.1, 0.15) is 5.56 Å². The Morgan fingerprint density at radius 1 is 1.10 bits per heavy atom. The number of hydrogen-bond acceptors (Lipinski definition) is 2. The molecule has 1 aliphatic heterocycles. The quantitative estimate of drug-likeness (QED) is 0.742. The van der Waals surface area contributed by atoms with Crippen LogP contribution in [0.2, 0.25) is 0 Å². The van der Waals surface area contributed by atoms with Gasteiger partial charge < -0.3 is 4.74 Å². The van der Waals surface area contributed by atoms with Crippen molar-refractivity contribution in [2.24, 2.45) is 0 Å². The fraction of sp³-hybridized carbons (Fsp3) is 0.133. The predicted octanol–water partition coefficient (Wildman–Crippen LogP) is 3.79. The molecule has 1 aliphatic rings. The summed E-state index contributed by atoms with van der Waals surface area (Å²) in [4.78, 5) is 10.9. The second-order valence-electron chi connectivity index (χ2n) is 4.51. The maximum Gasteiger partial charge on any atom is 0.449 e. The third-order valence-electron chi connectivity index (χ3n) is 3.27. The highest BCUT2D eigenvalue weighted by atomic mass is 19.4. The van der Waals surface area contributed by atoms with Gasteiger partial charge in [0.15, 0.2) is 0 Å². The van der Waals surface area contributed by atoms with Gasteiger partial charge >= 0.3 is 6.18 Å². The van der Waals surface area contributed by atoms with Crippen molar-refractivity contribution in [1.82, 2.24) is 0 Å². The van der Waals surface area contributed by atoms with Crippen LogP contribution in [0.5, 0.6) is 5.75 Å². The number of halogens is 3. The molecular formula is C15H9F3O2. The van der Waals surface area contributed by atoms with E-state index in [2.05, 4.69) is 0 Å². The molecule has 102 valence electrons. The van der Waals surface area contributed by atoms with Crippen LogP contribution in [-0.4, -0.2) is 12.5 Å². The Hall–Kier alpha value is -2.30. The molecular weight excluding hydrogens is 269 g/mol. The summed E-state index contributed by atoms with van der Waals surface area (Å²) in [6, 6.07) is 10.5. The number of ether oxygens (including phenoxy) is 1. The van der Waals surface area contributed by atoms with Crippen LogP contribution >= 0.6 is 0 Å². The Kier molecular flexibility index (Phi) is 2.78. The second kappa shape index (κ2) is 4.37. The molecule has 0 spiro atoms. The summed E-state index contributed by atoms with van der Waals surface area (Å²) in [5.41, 5.74) is 0.236. The third kappa shape index (κ3) is 1.95. The number of rotatable bonds is 1. The molecule has 0 aliphatic carbocycles. The van der Waals surface area contributed by atoms with Gasteiger partial charge in [0, 0.05) is 17.6 Å². The Morgan fingerprint density at radius 3 is 2.55 bits per heavy atom. The molecule has 0 amide bonds. The molecule has 0 saturated carbocycles. The van der Waals surface area contributed by atoms with Crippen LogP contribution in [0.4, 0.5) is 13.2 Å². The number of benzene rings is 2. The number of carbonyl (C=O) groups excluding carboxylic acids is 1. The van der Waals surface area contributed by atoms with E-state index in [0.717, 1.165) is 10.8 Å². The molecule has 0 bridgehead atoms. The van der Waals surface area contributed by atoms with Gasteiger partial charge in [-0.15, -0.1) is 0 Å². The van der Waals surface area contributed by atoms with E-state index in [1.54, 1.807) is 18.2 Å². The van der Waals surface area contributed by atoms with Gasteiger partial charge in [-0.05, 0) is 16.8 Å². The Bertz CT molecular complexity index is 729. The van der Waals surface area contributed by atoms with Crippen molar-refractivity contribution in [3.8, 4) is 5.75 Å². The molecule has 3 rings (SSSR count). The molecule has 0 unspecified atom stereocenters. The molecule has 0 fully saturated rings. The molecule has 0 atom stereocenters. The van der Waals surface area contributed by atoms with Gasteiger partial charge in [0.2, 0.25) is 5.76 Å². The lowest BCUT2D eigenvalue weighted by atomic mass is 9.95. The topological polar surface area (TPSA) is 26.3 Å². The van der Waals surface area contributed by atoms with E-state index >= 15 is 0 Å². The lowest BCUT2D eigenvalue weighted by Gasteiger charge is -2.23. The van der Waals surface area contributed by atoms with E-state index in [0.29, 0.717) is 5.56 Å². The van der Waals surface area contributed by atoms with Crippen molar-refractivity contribution >= 4 is 17.1 Å². The summed E-state index contributed by atoms with van der Waals surface area (Å²) in [6.45, 7) is 0. The van der Waals surface area contributed by atoms with Crippen molar-refractivity contribution in [2.75, 3.05) is 0 Å². The summed E-state index contributed by atoms with van der Waals surface area (Å²) < 4.78 is 43.5. The first kappa shape index (κ1) is 12.7. The molecule has 0 radical (unpaired) electrons. The SMILES string of the molecule is O=CC1=C(C(F)(F)F)Oc2ccc3ccccc3c2C1. The number of fused-ring (bicyclic) bond motifs is 3. The largest absolute Gasteiger partial charge is 0.451 e. The highest BCUT2D eigenvalue weighted by Crippen LogP contribution is 2.40. The van der Waals surface area contributed by atoms with Crippen LogP contribution in [0.25, 0.3) is 10.8 Å². The predicted molar refractivity (Wildman–Crippen MR) is 67.4 cm³/mol. The Labute approximate surface area is 112 Å². The van der Waals surface area contributed by atoms with Crippen LogP contribution < -0.4 is 4.74 Å². The van der Waals surface area contributed by atoms with E-state index in [4.69, 9.17) is 4.74 Å². The Balaban J connectivity index is 2.19. The fourth-order valence-corrected chi connectivity index (χ4v) is 2.38. The maximum absolute atomic E-state index is 12.8. The van der Waals surface area contributed by atoms with Gasteiger partial charge in [-0.1, -0.05) is 30.3 Å². The van der Waals surface area contributed by atoms with Gasteiger partial charge in [-0.3, -0.25) is 4.79 Å². The average Bonchev–Trinajstić information content (AvgIpc) is 2.44. The number of carbonyl (C=O) groups is 1. The molecule has 2 nitrogen and oxygen atoms in total. The summed E-state index contributed by atoms with van der Waals surface area (Å²) in [7, 11) is 0. The summed E-state index contributed by atoms with van der Waals surface area (Å²) in [5, 5.41) is 1.70. The standard InChI is InChI=1S/C15H9F3O2/c16-15(17,18)14-10(8-19)7-12-11-4-2-1-3-9(11)5-6-13(12)20-14/h1-6,8H,7H2. The zero-order chi connectivity index (χ0) is 14.3. The molecule has 0 saturated heterocycles. The van der Waals surface area contributed by atoms with Gasteiger partial charge in [0.05, 0.1) is 0 Å². The van der Waals surface area contributed by atoms with E-state index in [1.807, 2.05) is 12.1 Å². The van der Waals surface area contributed by atoms with E-state index in [9.17, 15) is 18.0 Å². The first-order chi connectivity index (χ1) is 9.50. The minimum atomic E-state index is -4.67. The van der Waals surface area contributed by atoms with Crippen LogP contribution in [0, 0.1) is 0 Å². The number of alkyl halides is 3. The first-order valence-corrected chi connectivity index (χ1v) is 5.94. The van der Waals surface area contributed by atoms with Crippen molar-refractivity contribution in [2.45, 2.75) is 12.6 Å². The minimum Gasteiger partial charge on any atom is -0.451 e. The second-order valence-corrected chi connectivity index (χ2v) is 4.51. The van der Waals surface area contributed by atoms with Crippen molar-refractivity contribution in [1.29, 1.82) is 0 Å². The Morgan fingerprint density at radius 2 is 1.85 bits per heavy atom. The molecule has 20 heavy (non-hydrogen) atoms. The molecule has 2 aromatic carbocycles. The number of allylic oxidation sites excluding steroid dienone is 2. The van der Waals surface area contributed by atoms with E-state index < -0.39 is 11.9 Å². The maximum atomic E-state index is 12.8. The molecule has 0 aromatic heterocycles. The monoisotopic (exact) mass is 278 g/mol. The summed E-state index contributed by atoms with van der Waals surface area (Å²) in [6.07, 6.45) is -4.53. The zero-order valence-corrected chi connectivity index (χ0v) is 10.2. The van der Waals surface area contributed by atoms with E-state index in [1.165, 1.54) is 6.07 Å². The average molecular weight is 278 g/mol. The van der Waals surface area contributed by atoms with Crippen molar-refractivity contribution in [3.05, 3.63) is 53.3 Å². The fourth-order valence-electron chi connectivity index (χ4n) is 2.38.